The van der Waals surface area contributed by atoms with Crippen LogP contribution in [-0.4, -0.2) is 41.9 Å². The molecule has 6 nitrogen and oxygen atoms in total. The van der Waals surface area contributed by atoms with E-state index in [1.165, 1.54) is 7.11 Å². The van der Waals surface area contributed by atoms with Gasteiger partial charge in [-0.2, -0.15) is 0 Å². The number of ether oxygens (including phenoxy) is 1. The Hall–Kier alpha value is -1.43. The average molecular weight is 214 g/mol. The van der Waals surface area contributed by atoms with Gasteiger partial charge in [0.25, 0.3) is 0 Å². The second kappa shape index (κ2) is 4.39. The Bertz CT molecular complexity index is 286. The van der Waals surface area contributed by atoms with Gasteiger partial charge in [-0.1, -0.05) is 0 Å². The molecule has 0 radical (unpaired) electrons. The second-order valence-corrected chi connectivity index (χ2v) is 3.45. The molecule has 2 atom stereocenters. The van der Waals surface area contributed by atoms with Crippen molar-refractivity contribution < 1.29 is 19.1 Å². The molecule has 0 unspecified atom stereocenters. The third-order valence-corrected chi connectivity index (χ3v) is 2.49. The first-order chi connectivity index (χ1) is 6.99. The average Bonchev–Trinajstić information content (AvgIpc) is 2.55. The highest BCUT2D eigenvalue weighted by molar-refractivity contribution is 6.02. The van der Waals surface area contributed by atoms with Crippen LogP contribution in [0.1, 0.15) is 19.8 Å². The van der Waals surface area contributed by atoms with Gasteiger partial charge in [-0.25, -0.2) is 0 Å². The van der Waals surface area contributed by atoms with Crippen LogP contribution in [0.3, 0.4) is 0 Å². The van der Waals surface area contributed by atoms with Gasteiger partial charge in [0.2, 0.25) is 11.8 Å². The molecule has 1 rings (SSSR count). The van der Waals surface area contributed by atoms with E-state index in [0.29, 0.717) is 0 Å². The zero-order valence-corrected chi connectivity index (χ0v) is 8.73. The molecule has 2 N–H and O–H groups in total. The number of imide groups is 1. The number of rotatable bonds is 3. The van der Waals surface area contributed by atoms with Crippen molar-refractivity contribution in [2.45, 2.75) is 31.8 Å². The van der Waals surface area contributed by atoms with Gasteiger partial charge >= 0.3 is 5.97 Å². The Kier molecular flexibility index (Phi) is 3.41. The minimum absolute atomic E-state index is 0.192. The van der Waals surface area contributed by atoms with Crippen molar-refractivity contribution in [2.75, 3.05) is 7.11 Å². The van der Waals surface area contributed by atoms with Crippen LogP contribution in [0.4, 0.5) is 0 Å². The fourth-order valence-corrected chi connectivity index (χ4v) is 1.54. The Labute approximate surface area is 87.4 Å². The van der Waals surface area contributed by atoms with Crippen LogP contribution in [0.25, 0.3) is 0 Å². The lowest BCUT2D eigenvalue weighted by Crippen LogP contribution is -2.52. The summed E-state index contributed by atoms with van der Waals surface area (Å²) in [5.74, 6) is -1.20. The topological polar surface area (TPSA) is 89.7 Å². The van der Waals surface area contributed by atoms with E-state index in [1.54, 1.807) is 6.92 Å². The number of nitrogens with zero attached hydrogens (tertiary/aromatic N) is 1. The molecule has 2 amide bonds. The first kappa shape index (κ1) is 11.6. The van der Waals surface area contributed by atoms with Crippen molar-refractivity contribution in [3.05, 3.63) is 0 Å². The number of methoxy groups -OCH3 is 1. The predicted octanol–water partition coefficient (Wildman–Crippen LogP) is -0.976. The Balaban J connectivity index is 2.75. The van der Waals surface area contributed by atoms with Gasteiger partial charge in [-0.3, -0.25) is 19.3 Å². The molecule has 0 saturated carbocycles. The minimum Gasteiger partial charge on any atom is -0.468 e. The summed E-state index contributed by atoms with van der Waals surface area (Å²) in [4.78, 5) is 34.8. The molecule has 0 aromatic carbocycles. The summed E-state index contributed by atoms with van der Waals surface area (Å²) < 4.78 is 4.45. The van der Waals surface area contributed by atoms with Crippen molar-refractivity contribution in [1.29, 1.82) is 0 Å². The summed E-state index contributed by atoms with van der Waals surface area (Å²) in [7, 11) is 1.21. The maximum atomic E-state index is 11.3. The first-order valence-corrected chi connectivity index (χ1v) is 4.67. The summed E-state index contributed by atoms with van der Waals surface area (Å²) in [5.41, 5.74) is 5.55. The number of carbonyl (C=O) groups is 3. The molecule has 15 heavy (non-hydrogen) atoms. The van der Waals surface area contributed by atoms with Crippen LogP contribution in [0.5, 0.6) is 0 Å². The van der Waals surface area contributed by atoms with Gasteiger partial charge in [0.1, 0.15) is 6.04 Å². The van der Waals surface area contributed by atoms with Crippen LogP contribution < -0.4 is 5.73 Å². The zero-order chi connectivity index (χ0) is 11.6. The summed E-state index contributed by atoms with van der Waals surface area (Å²) in [6.07, 6.45) is 0.383. The van der Waals surface area contributed by atoms with Crippen molar-refractivity contribution in [2.24, 2.45) is 5.73 Å². The summed E-state index contributed by atoms with van der Waals surface area (Å²) in [5, 5.41) is 0. The number of esters is 1. The van der Waals surface area contributed by atoms with E-state index in [1.807, 2.05) is 0 Å². The van der Waals surface area contributed by atoms with Crippen LogP contribution in [-0.2, 0) is 19.1 Å². The molecule has 0 aromatic rings. The number of hydrogen-bond donors (Lipinski definition) is 1. The standard InChI is InChI=1S/C9H14N2O4/c1-5(8(10)9(14)15-2)11-6(12)3-4-7(11)13/h5,8H,3-4,10H2,1-2H3/t5-,8-/m0/s1. The van der Waals surface area contributed by atoms with Crippen molar-refractivity contribution >= 4 is 17.8 Å². The maximum absolute atomic E-state index is 11.3. The van der Waals surface area contributed by atoms with E-state index < -0.39 is 18.1 Å². The van der Waals surface area contributed by atoms with Gasteiger partial charge in [-0.15, -0.1) is 0 Å². The summed E-state index contributed by atoms with van der Waals surface area (Å²) >= 11 is 0. The molecule has 1 aliphatic rings. The Morgan fingerprint density at radius 2 is 1.87 bits per heavy atom. The molecule has 0 aromatic heterocycles. The van der Waals surface area contributed by atoms with Gasteiger partial charge < -0.3 is 10.5 Å². The second-order valence-electron chi connectivity index (χ2n) is 3.45. The molecular formula is C9H14N2O4. The predicted molar refractivity (Wildman–Crippen MR) is 50.5 cm³/mol. The van der Waals surface area contributed by atoms with Crippen LogP contribution >= 0.6 is 0 Å². The summed E-state index contributed by atoms with van der Waals surface area (Å²) in [6.45, 7) is 1.56. The van der Waals surface area contributed by atoms with Crippen LogP contribution in [0.15, 0.2) is 0 Å². The highest BCUT2D eigenvalue weighted by Gasteiger charge is 2.37. The number of nitrogens with two attached hydrogens (primary N) is 1. The number of hydrogen-bond acceptors (Lipinski definition) is 5. The van der Waals surface area contributed by atoms with Crippen LogP contribution in [0.2, 0.25) is 0 Å². The molecule has 84 valence electrons. The van der Waals surface area contributed by atoms with E-state index in [0.717, 1.165) is 4.90 Å². The normalized spacial score (nSPS) is 20.3. The van der Waals surface area contributed by atoms with E-state index in [-0.39, 0.29) is 24.7 Å². The molecule has 0 aliphatic carbocycles. The van der Waals surface area contributed by atoms with E-state index >= 15 is 0 Å². The van der Waals surface area contributed by atoms with Crippen molar-refractivity contribution in [1.82, 2.24) is 4.90 Å². The Morgan fingerprint density at radius 1 is 1.40 bits per heavy atom. The highest BCUT2D eigenvalue weighted by Crippen LogP contribution is 2.16. The van der Waals surface area contributed by atoms with E-state index in [9.17, 15) is 14.4 Å². The molecule has 0 bridgehead atoms. The highest BCUT2D eigenvalue weighted by atomic mass is 16.5. The molecule has 1 heterocycles. The zero-order valence-electron chi connectivity index (χ0n) is 8.73. The first-order valence-electron chi connectivity index (χ1n) is 4.67. The summed E-state index contributed by atoms with van der Waals surface area (Å²) in [6, 6.07) is -1.64. The monoisotopic (exact) mass is 214 g/mol. The van der Waals surface area contributed by atoms with Gasteiger partial charge in [0.05, 0.1) is 13.2 Å². The lowest BCUT2D eigenvalue weighted by molar-refractivity contribution is -0.147. The van der Waals surface area contributed by atoms with Gasteiger partial charge in [-0.05, 0) is 6.92 Å². The lowest BCUT2D eigenvalue weighted by Gasteiger charge is -2.26. The number of carbonyl (C=O) groups excluding carboxylic acids is 3. The molecule has 0 spiro atoms. The quantitative estimate of drug-likeness (QED) is 0.482. The molecular weight excluding hydrogens is 200 g/mol. The maximum Gasteiger partial charge on any atom is 0.324 e. The van der Waals surface area contributed by atoms with E-state index in [2.05, 4.69) is 4.74 Å². The van der Waals surface area contributed by atoms with Gasteiger partial charge in [0.15, 0.2) is 0 Å². The smallest absolute Gasteiger partial charge is 0.324 e. The molecule has 6 heteroatoms. The molecule has 1 fully saturated rings. The third-order valence-electron chi connectivity index (χ3n) is 2.49. The van der Waals surface area contributed by atoms with Gasteiger partial charge in [0, 0.05) is 12.8 Å². The third kappa shape index (κ3) is 2.15. The number of amides is 2. The van der Waals surface area contributed by atoms with Crippen molar-refractivity contribution in [3.8, 4) is 0 Å². The molecule has 1 aliphatic heterocycles. The van der Waals surface area contributed by atoms with E-state index in [4.69, 9.17) is 5.73 Å². The Morgan fingerprint density at radius 3 is 2.27 bits per heavy atom. The van der Waals surface area contributed by atoms with Crippen LogP contribution in [0, 0.1) is 0 Å². The van der Waals surface area contributed by atoms with Crippen molar-refractivity contribution in [3.63, 3.8) is 0 Å². The fraction of sp³-hybridized carbons (Fsp3) is 0.667. The number of likely N-dealkylation sites (tertiary alicyclic amines) is 1. The largest absolute Gasteiger partial charge is 0.468 e. The molecule has 1 saturated heterocycles. The fourth-order valence-electron chi connectivity index (χ4n) is 1.54. The SMILES string of the molecule is COC(=O)[C@@H](N)[C@H](C)N1C(=O)CCC1=O. The minimum atomic E-state index is -0.985. The lowest BCUT2D eigenvalue weighted by atomic mass is 10.1.